The number of aryl methyl sites for hydroxylation is 3. The monoisotopic (exact) mass is 469 g/mol. The van der Waals surface area contributed by atoms with Crippen LogP contribution in [-0.2, 0) is 26.0 Å². The molecular weight excluding hydrogens is 430 g/mol. The van der Waals surface area contributed by atoms with Crippen molar-refractivity contribution < 1.29 is 4.74 Å². The molecule has 0 saturated heterocycles. The highest BCUT2D eigenvalue weighted by Crippen LogP contribution is 2.63. The Labute approximate surface area is 210 Å². The van der Waals surface area contributed by atoms with E-state index in [1.54, 1.807) is 11.1 Å². The van der Waals surface area contributed by atoms with Gasteiger partial charge in [-0.1, -0.05) is 50.2 Å². The van der Waals surface area contributed by atoms with Crippen LogP contribution in [0.2, 0.25) is 0 Å². The maximum atomic E-state index is 6.36. The Morgan fingerprint density at radius 1 is 1.03 bits per heavy atom. The fourth-order valence-electron chi connectivity index (χ4n) is 8.02. The van der Waals surface area contributed by atoms with E-state index >= 15 is 0 Å². The third kappa shape index (κ3) is 4.19. The first kappa shape index (κ1) is 22.8. The van der Waals surface area contributed by atoms with Crippen molar-refractivity contribution in [3.8, 4) is 5.75 Å². The quantitative estimate of drug-likeness (QED) is 0.375. The van der Waals surface area contributed by atoms with E-state index in [0.717, 1.165) is 42.4 Å². The van der Waals surface area contributed by atoms with E-state index in [1.807, 2.05) is 12.7 Å². The molecule has 2 fully saturated rings. The van der Waals surface area contributed by atoms with Crippen molar-refractivity contribution in [2.75, 3.05) is 0 Å². The Morgan fingerprint density at radius 3 is 2.66 bits per heavy atom. The van der Waals surface area contributed by atoms with Gasteiger partial charge in [0, 0.05) is 6.54 Å². The van der Waals surface area contributed by atoms with Gasteiger partial charge in [0.1, 0.15) is 25.0 Å². The lowest BCUT2D eigenvalue weighted by Crippen LogP contribution is -2.42. The molecule has 0 aliphatic heterocycles. The fourth-order valence-corrected chi connectivity index (χ4v) is 8.02. The molecule has 1 aromatic heterocycles. The number of fused-ring (bicyclic) bond motifs is 5. The zero-order chi connectivity index (χ0) is 23.8. The molecule has 0 bridgehead atoms. The maximum absolute atomic E-state index is 6.36. The van der Waals surface area contributed by atoms with E-state index in [9.17, 15) is 0 Å². The van der Waals surface area contributed by atoms with E-state index in [1.165, 1.54) is 56.1 Å². The number of hydrogen-bond donors (Lipinski definition) is 0. The highest BCUT2D eigenvalue weighted by Gasteiger charge is 2.54. The van der Waals surface area contributed by atoms with Gasteiger partial charge in [-0.25, -0.2) is 0 Å². The van der Waals surface area contributed by atoms with Crippen molar-refractivity contribution >= 4 is 0 Å². The summed E-state index contributed by atoms with van der Waals surface area (Å²) >= 11 is 0. The molecular formula is C31H39N3O. The predicted octanol–water partition coefficient (Wildman–Crippen LogP) is 6.98. The number of rotatable bonds is 7. The summed E-state index contributed by atoms with van der Waals surface area (Å²) in [6.45, 7) is 6.61. The van der Waals surface area contributed by atoms with Gasteiger partial charge in [0.2, 0.25) is 0 Å². The molecule has 0 N–H and O–H groups in total. The molecule has 3 aliphatic rings. The van der Waals surface area contributed by atoms with Gasteiger partial charge in [-0.3, -0.25) is 0 Å². The molecule has 2 aromatic carbocycles. The van der Waals surface area contributed by atoms with Crippen molar-refractivity contribution in [1.29, 1.82) is 0 Å². The molecule has 5 atom stereocenters. The van der Waals surface area contributed by atoms with Crippen LogP contribution in [0.3, 0.4) is 0 Å². The molecule has 4 heteroatoms. The first-order chi connectivity index (χ1) is 17.2. The van der Waals surface area contributed by atoms with Crippen LogP contribution >= 0.6 is 0 Å². The summed E-state index contributed by atoms with van der Waals surface area (Å²) < 4.78 is 8.52. The average molecular weight is 470 g/mol. The van der Waals surface area contributed by atoms with E-state index < -0.39 is 0 Å². The van der Waals surface area contributed by atoms with E-state index in [4.69, 9.17) is 4.74 Å². The lowest BCUT2D eigenvalue weighted by atomic mass is 9.54. The molecule has 4 nitrogen and oxygen atoms in total. The van der Waals surface area contributed by atoms with Crippen LogP contribution in [-0.4, -0.2) is 14.8 Å². The smallest absolute Gasteiger partial charge is 0.123 e. The molecule has 3 aromatic rings. The molecule has 0 amide bonds. The fraction of sp³-hybridized carbons (Fsp3) is 0.548. The molecule has 0 unspecified atom stereocenters. The minimum Gasteiger partial charge on any atom is -0.489 e. The number of aromatic nitrogens is 3. The summed E-state index contributed by atoms with van der Waals surface area (Å²) in [6, 6.07) is 15.5. The van der Waals surface area contributed by atoms with Gasteiger partial charge in [0.05, 0.1) is 0 Å². The minimum absolute atomic E-state index is 0.499. The summed E-state index contributed by atoms with van der Waals surface area (Å²) in [4.78, 5) is 0. The summed E-state index contributed by atoms with van der Waals surface area (Å²) in [6.07, 6.45) is 14.1. The van der Waals surface area contributed by atoms with E-state index in [-0.39, 0.29) is 0 Å². The predicted molar refractivity (Wildman–Crippen MR) is 139 cm³/mol. The number of ether oxygens (including phenoxy) is 1. The van der Waals surface area contributed by atoms with Gasteiger partial charge in [-0.15, -0.1) is 10.2 Å². The lowest BCUT2D eigenvalue weighted by Gasteiger charge is -2.51. The number of benzene rings is 2. The summed E-state index contributed by atoms with van der Waals surface area (Å²) in [5.41, 5.74) is 6.32. The van der Waals surface area contributed by atoms with E-state index in [2.05, 4.69) is 71.1 Å². The Hall–Kier alpha value is -2.62. The largest absolute Gasteiger partial charge is 0.489 e. The molecule has 6 rings (SSSR count). The Bertz CT molecular complexity index is 1140. The third-order valence-electron chi connectivity index (χ3n) is 9.92. The van der Waals surface area contributed by atoms with Crippen molar-refractivity contribution in [3.63, 3.8) is 0 Å². The molecule has 1 heterocycles. The minimum atomic E-state index is 0.499. The second-order valence-electron chi connectivity index (χ2n) is 11.5. The summed E-state index contributed by atoms with van der Waals surface area (Å²) in [7, 11) is 0. The second kappa shape index (κ2) is 9.44. The number of hydrogen-bond acceptors (Lipinski definition) is 3. The van der Waals surface area contributed by atoms with Crippen molar-refractivity contribution in [3.05, 3.63) is 77.4 Å². The Balaban J connectivity index is 1.19. The summed E-state index contributed by atoms with van der Waals surface area (Å²) in [5.74, 6) is 4.39. The third-order valence-corrected chi connectivity index (χ3v) is 9.92. The van der Waals surface area contributed by atoms with Crippen molar-refractivity contribution in [1.82, 2.24) is 14.8 Å². The van der Waals surface area contributed by atoms with Gasteiger partial charge < -0.3 is 9.30 Å². The van der Waals surface area contributed by atoms with Gasteiger partial charge in [-0.05, 0) is 109 Å². The van der Waals surface area contributed by atoms with Crippen molar-refractivity contribution in [2.45, 2.75) is 84.3 Å². The van der Waals surface area contributed by atoms with Crippen LogP contribution in [0.1, 0.15) is 80.5 Å². The van der Waals surface area contributed by atoms with Gasteiger partial charge in [0.15, 0.2) is 0 Å². The molecule has 0 spiro atoms. The van der Waals surface area contributed by atoms with Gasteiger partial charge in [0.25, 0.3) is 0 Å². The van der Waals surface area contributed by atoms with Crippen molar-refractivity contribution in [2.24, 2.45) is 23.2 Å². The average Bonchev–Trinajstić information content (AvgIpc) is 3.53. The SMILES string of the molecule is CCc1cc2c(cc1OCc1ccccc1)CC[C@@H]1[C@@H]2CC[C@]2(C)[C@@H](CCn3cnnc3)CC[C@@H]12. The van der Waals surface area contributed by atoms with Gasteiger partial charge in [-0.2, -0.15) is 0 Å². The molecule has 2 saturated carbocycles. The number of nitrogens with zero attached hydrogens (tertiary/aromatic N) is 3. The maximum Gasteiger partial charge on any atom is 0.123 e. The van der Waals surface area contributed by atoms with Crippen LogP contribution in [0, 0.1) is 23.2 Å². The zero-order valence-corrected chi connectivity index (χ0v) is 21.3. The highest BCUT2D eigenvalue weighted by molar-refractivity contribution is 5.46. The van der Waals surface area contributed by atoms with E-state index in [0.29, 0.717) is 12.0 Å². The normalized spacial score (nSPS) is 29.3. The van der Waals surface area contributed by atoms with Crippen LogP contribution in [0.4, 0.5) is 0 Å². The van der Waals surface area contributed by atoms with Gasteiger partial charge >= 0.3 is 0 Å². The van der Waals surface area contributed by atoms with Crippen LogP contribution < -0.4 is 4.74 Å². The topological polar surface area (TPSA) is 39.9 Å². The Morgan fingerprint density at radius 2 is 1.86 bits per heavy atom. The second-order valence-corrected chi connectivity index (χ2v) is 11.5. The molecule has 0 radical (unpaired) electrons. The molecule has 184 valence electrons. The Kier molecular flexibility index (Phi) is 6.16. The molecule has 3 aliphatic carbocycles. The highest BCUT2D eigenvalue weighted by atomic mass is 16.5. The zero-order valence-electron chi connectivity index (χ0n) is 21.3. The van der Waals surface area contributed by atoms with Crippen LogP contribution in [0.5, 0.6) is 5.75 Å². The van der Waals surface area contributed by atoms with Crippen LogP contribution in [0.25, 0.3) is 0 Å². The molecule has 35 heavy (non-hydrogen) atoms. The first-order valence-electron chi connectivity index (χ1n) is 13.8. The standard InChI is InChI=1S/C31H39N3O/c1-3-23-17-28-24(18-30(23)35-19-22-7-5-4-6-8-22)9-11-27-26(28)13-15-31(2)25(10-12-29(27)31)14-16-34-20-32-33-21-34/h4-8,17-18,20-21,25-27,29H,3,9-16,19H2,1-2H3/t25-,26+,27-,29+,31-/m1/s1. The van der Waals surface area contributed by atoms with Crippen LogP contribution in [0.15, 0.2) is 55.1 Å². The lowest BCUT2D eigenvalue weighted by molar-refractivity contribution is 0.0246. The summed E-state index contributed by atoms with van der Waals surface area (Å²) in [5, 5.41) is 7.99. The first-order valence-corrected chi connectivity index (χ1v) is 13.8.